The van der Waals surface area contributed by atoms with Crippen LogP contribution in [0.3, 0.4) is 0 Å². The van der Waals surface area contributed by atoms with E-state index in [0.29, 0.717) is 22.3 Å². The maximum absolute atomic E-state index is 13.0. The lowest BCUT2D eigenvalue weighted by atomic mass is 10.0. The van der Waals surface area contributed by atoms with Gasteiger partial charge in [-0.05, 0) is 67.1 Å². The van der Waals surface area contributed by atoms with Crippen molar-refractivity contribution in [3.05, 3.63) is 77.8 Å². The number of nitrogens with one attached hydrogen (secondary N) is 2. The molecule has 4 aromatic rings. The number of nitrogens with zero attached hydrogens (tertiary/aromatic N) is 1. The summed E-state index contributed by atoms with van der Waals surface area (Å²) < 4.78 is 10.6. The van der Waals surface area contributed by atoms with E-state index in [1.54, 1.807) is 26.4 Å². The number of H-pyrrole nitrogens is 1. The fraction of sp³-hybridized carbons (Fsp3) is 0.185. The van der Waals surface area contributed by atoms with Gasteiger partial charge >= 0.3 is 0 Å². The Morgan fingerprint density at radius 1 is 0.971 bits per heavy atom. The number of rotatable bonds is 9. The SMILES string of the molecule is CCC(Sc1nc(-c2ccc(OC)cc2)c(-c2ccc(OC)cc2)[nH]1)C(=O)Nc1ccccc1Cl. The first kappa shape index (κ1) is 24.7. The lowest BCUT2D eigenvalue weighted by Gasteiger charge is -2.14. The van der Waals surface area contributed by atoms with Gasteiger partial charge in [0, 0.05) is 11.1 Å². The summed E-state index contributed by atoms with van der Waals surface area (Å²) in [5, 5.41) is 3.73. The molecule has 0 aliphatic rings. The Morgan fingerprint density at radius 3 is 2.14 bits per heavy atom. The van der Waals surface area contributed by atoms with Crippen LogP contribution >= 0.6 is 23.4 Å². The van der Waals surface area contributed by atoms with Crippen molar-refractivity contribution in [1.29, 1.82) is 0 Å². The molecule has 3 aromatic carbocycles. The van der Waals surface area contributed by atoms with Crippen LogP contribution in [0.4, 0.5) is 5.69 Å². The number of hydrogen-bond donors (Lipinski definition) is 2. The van der Waals surface area contributed by atoms with Gasteiger partial charge in [0.25, 0.3) is 0 Å². The van der Waals surface area contributed by atoms with E-state index in [-0.39, 0.29) is 11.2 Å². The molecule has 1 heterocycles. The van der Waals surface area contributed by atoms with Gasteiger partial charge in [-0.15, -0.1) is 0 Å². The van der Waals surface area contributed by atoms with Gasteiger partial charge in [0.15, 0.2) is 5.16 Å². The number of para-hydroxylation sites is 1. The molecule has 0 fully saturated rings. The lowest BCUT2D eigenvalue weighted by Crippen LogP contribution is -2.24. The quantitative estimate of drug-likeness (QED) is 0.240. The highest BCUT2D eigenvalue weighted by molar-refractivity contribution is 8.00. The van der Waals surface area contributed by atoms with Gasteiger partial charge < -0.3 is 19.8 Å². The van der Waals surface area contributed by atoms with E-state index in [1.165, 1.54) is 11.8 Å². The minimum Gasteiger partial charge on any atom is -0.497 e. The fourth-order valence-electron chi connectivity index (χ4n) is 3.56. The zero-order valence-corrected chi connectivity index (χ0v) is 21.2. The molecule has 2 N–H and O–H groups in total. The summed E-state index contributed by atoms with van der Waals surface area (Å²) in [5.74, 6) is 1.42. The van der Waals surface area contributed by atoms with Crippen LogP contribution in [-0.2, 0) is 4.79 Å². The summed E-state index contributed by atoms with van der Waals surface area (Å²) in [6.45, 7) is 1.97. The number of carbonyl (C=O) groups is 1. The number of aromatic nitrogens is 2. The largest absolute Gasteiger partial charge is 0.497 e. The molecule has 0 saturated carbocycles. The van der Waals surface area contributed by atoms with Gasteiger partial charge in [-0.2, -0.15) is 0 Å². The molecule has 1 unspecified atom stereocenters. The number of amides is 1. The van der Waals surface area contributed by atoms with E-state index in [4.69, 9.17) is 26.1 Å². The molecule has 0 saturated heterocycles. The molecule has 1 amide bonds. The lowest BCUT2D eigenvalue weighted by molar-refractivity contribution is -0.115. The number of thioether (sulfide) groups is 1. The Kier molecular flexibility index (Phi) is 8.00. The predicted molar refractivity (Wildman–Crippen MR) is 143 cm³/mol. The van der Waals surface area contributed by atoms with E-state index in [1.807, 2.05) is 67.6 Å². The number of imidazole rings is 1. The number of benzene rings is 3. The van der Waals surface area contributed by atoms with Crippen LogP contribution in [0.2, 0.25) is 5.02 Å². The van der Waals surface area contributed by atoms with Crippen molar-refractivity contribution < 1.29 is 14.3 Å². The average molecular weight is 508 g/mol. The minimum absolute atomic E-state index is 0.126. The monoisotopic (exact) mass is 507 g/mol. The Bertz CT molecular complexity index is 1230. The highest BCUT2D eigenvalue weighted by atomic mass is 35.5. The maximum atomic E-state index is 13.0. The van der Waals surface area contributed by atoms with Gasteiger partial charge in [0.2, 0.25) is 5.91 Å². The number of aromatic amines is 1. The highest BCUT2D eigenvalue weighted by Crippen LogP contribution is 2.36. The predicted octanol–water partition coefficient (Wildman–Crippen LogP) is 6.92. The first-order valence-corrected chi connectivity index (χ1v) is 12.4. The van der Waals surface area contributed by atoms with Crippen molar-refractivity contribution >= 4 is 35.0 Å². The van der Waals surface area contributed by atoms with Crippen molar-refractivity contribution in [2.24, 2.45) is 0 Å². The standard InChI is InChI=1S/C27H26ClN3O3S/c1-4-23(26(32)29-22-8-6-5-7-21(22)28)35-27-30-24(17-9-13-19(33-2)14-10-17)25(31-27)18-11-15-20(34-3)16-12-18/h5-16,23H,4H2,1-3H3,(H,29,32)(H,30,31). The van der Waals surface area contributed by atoms with Crippen molar-refractivity contribution in [2.75, 3.05) is 19.5 Å². The van der Waals surface area contributed by atoms with Crippen LogP contribution < -0.4 is 14.8 Å². The molecule has 8 heteroatoms. The van der Waals surface area contributed by atoms with Gasteiger partial charge in [-0.25, -0.2) is 4.98 Å². The highest BCUT2D eigenvalue weighted by Gasteiger charge is 2.23. The summed E-state index contributed by atoms with van der Waals surface area (Å²) in [5.41, 5.74) is 4.15. The second kappa shape index (κ2) is 11.3. The summed E-state index contributed by atoms with van der Waals surface area (Å²) >= 11 is 7.61. The zero-order chi connectivity index (χ0) is 24.8. The second-order valence-electron chi connectivity index (χ2n) is 7.71. The number of carbonyl (C=O) groups excluding carboxylic acids is 1. The minimum atomic E-state index is -0.357. The van der Waals surface area contributed by atoms with E-state index in [9.17, 15) is 4.79 Å². The van der Waals surface area contributed by atoms with E-state index >= 15 is 0 Å². The second-order valence-corrected chi connectivity index (χ2v) is 9.31. The van der Waals surface area contributed by atoms with Gasteiger partial charge in [-0.3, -0.25) is 4.79 Å². The van der Waals surface area contributed by atoms with Crippen molar-refractivity contribution in [2.45, 2.75) is 23.8 Å². The third-order valence-electron chi connectivity index (χ3n) is 5.47. The molecule has 35 heavy (non-hydrogen) atoms. The molecule has 0 aliphatic heterocycles. The zero-order valence-electron chi connectivity index (χ0n) is 19.7. The molecule has 0 bridgehead atoms. The number of anilines is 1. The van der Waals surface area contributed by atoms with Crippen LogP contribution in [0, 0.1) is 0 Å². The van der Waals surface area contributed by atoms with E-state index in [0.717, 1.165) is 34.0 Å². The van der Waals surface area contributed by atoms with Crippen molar-refractivity contribution in [3.8, 4) is 34.0 Å². The molecular weight excluding hydrogens is 482 g/mol. The third kappa shape index (κ3) is 5.81. The first-order valence-electron chi connectivity index (χ1n) is 11.1. The first-order chi connectivity index (χ1) is 17.0. The molecule has 180 valence electrons. The number of ether oxygens (including phenoxy) is 2. The van der Waals surface area contributed by atoms with E-state index < -0.39 is 0 Å². The Balaban J connectivity index is 1.65. The van der Waals surface area contributed by atoms with Gasteiger partial charge in [0.05, 0.1) is 41.6 Å². The van der Waals surface area contributed by atoms with Crippen LogP contribution in [0.5, 0.6) is 11.5 Å². The molecular formula is C27H26ClN3O3S. The molecule has 6 nitrogen and oxygen atoms in total. The molecule has 0 spiro atoms. The number of methoxy groups -OCH3 is 2. The number of halogens is 1. The van der Waals surface area contributed by atoms with Crippen LogP contribution in [0.1, 0.15) is 13.3 Å². The molecule has 4 rings (SSSR count). The smallest absolute Gasteiger partial charge is 0.238 e. The summed E-state index contributed by atoms with van der Waals surface area (Å²) in [6.07, 6.45) is 0.622. The Hall–Kier alpha value is -3.42. The number of hydrogen-bond acceptors (Lipinski definition) is 5. The van der Waals surface area contributed by atoms with Gasteiger partial charge in [-0.1, -0.05) is 42.4 Å². The van der Waals surface area contributed by atoms with Crippen molar-refractivity contribution in [3.63, 3.8) is 0 Å². The van der Waals surface area contributed by atoms with Crippen LogP contribution in [-0.4, -0.2) is 35.3 Å². The molecule has 0 radical (unpaired) electrons. The normalized spacial score (nSPS) is 11.7. The summed E-state index contributed by atoms with van der Waals surface area (Å²) in [4.78, 5) is 21.3. The Morgan fingerprint density at radius 2 is 1.57 bits per heavy atom. The van der Waals surface area contributed by atoms with Crippen LogP contribution in [0.15, 0.2) is 78.0 Å². The Labute approximate surface area is 214 Å². The summed E-state index contributed by atoms with van der Waals surface area (Å²) in [7, 11) is 3.28. The molecule has 1 aromatic heterocycles. The van der Waals surface area contributed by atoms with Gasteiger partial charge in [0.1, 0.15) is 11.5 Å². The fourth-order valence-corrected chi connectivity index (χ4v) is 4.65. The van der Waals surface area contributed by atoms with Crippen molar-refractivity contribution in [1.82, 2.24) is 9.97 Å². The average Bonchev–Trinajstić information content (AvgIpc) is 3.32. The van der Waals surface area contributed by atoms with E-state index in [2.05, 4.69) is 10.3 Å². The topological polar surface area (TPSA) is 76.2 Å². The van der Waals surface area contributed by atoms with Crippen LogP contribution in [0.25, 0.3) is 22.5 Å². The summed E-state index contributed by atoms with van der Waals surface area (Å²) in [6, 6.07) is 22.7. The molecule has 0 aliphatic carbocycles. The molecule has 1 atom stereocenters. The maximum Gasteiger partial charge on any atom is 0.238 e. The third-order valence-corrected chi connectivity index (χ3v) is 7.05.